The van der Waals surface area contributed by atoms with Gasteiger partial charge in [-0.2, -0.15) is 0 Å². The van der Waals surface area contributed by atoms with Crippen LogP contribution in [-0.4, -0.2) is 63.4 Å². The van der Waals surface area contributed by atoms with E-state index in [4.69, 9.17) is 9.47 Å². The number of benzene rings is 2. The zero-order valence-corrected chi connectivity index (χ0v) is 22.1. The first-order chi connectivity index (χ1) is 17.1. The summed E-state index contributed by atoms with van der Waals surface area (Å²) < 4.78 is 37.2. The van der Waals surface area contributed by atoms with Gasteiger partial charge in [0.2, 0.25) is 28.6 Å². The number of anilines is 1. The molecule has 1 aliphatic heterocycles. The van der Waals surface area contributed by atoms with Crippen molar-refractivity contribution < 1.29 is 27.5 Å². The predicted octanol–water partition coefficient (Wildman–Crippen LogP) is 2.95. The lowest BCUT2D eigenvalue weighted by Crippen LogP contribution is -2.54. The van der Waals surface area contributed by atoms with Gasteiger partial charge in [-0.05, 0) is 43.9 Å². The molecule has 2 aromatic carbocycles. The average Bonchev–Trinajstić information content (AvgIpc) is 3.32. The van der Waals surface area contributed by atoms with Crippen LogP contribution in [0.4, 0.5) is 5.69 Å². The lowest BCUT2D eigenvalue weighted by Gasteiger charge is -2.33. The number of hydrogen-bond donors (Lipinski definition) is 1. The molecule has 10 heteroatoms. The fraction of sp³-hybridized carbons (Fsp3) is 0.462. The molecule has 1 aliphatic rings. The highest BCUT2D eigenvalue weighted by atomic mass is 32.2. The number of nitrogens with one attached hydrogen (secondary N) is 1. The van der Waals surface area contributed by atoms with E-state index in [1.165, 1.54) is 11.0 Å². The van der Waals surface area contributed by atoms with Gasteiger partial charge in [-0.1, -0.05) is 44.2 Å². The SMILES string of the molecule is CC[C@@H](C)NC(=O)[C@@H](CC)N(CCc1ccccc1)C(=O)CN(c1ccc2c(c1)OCO2)S(C)(=O)=O. The van der Waals surface area contributed by atoms with Crippen LogP contribution in [0.2, 0.25) is 0 Å². The van der Waals surface area contributed by atoms with E-state index in [1.807, 2.05) is 51.1 Å². The smallest absolute Gasteiger partial charge is 0.244 e. The monoisotopic (exact) mass is 517 g/mol. The summed E-state index contributed by atoms with van der Waals surface area (Å²) in [5.41, 5.74) is 1.30. The largest absolute Gasteiger partial charge is 0.454 e. The Morgan fingerprint density at radius 3 is 2.36 bits per heavy atom. The number of ether oxygens (including phenoxy) is 2. The lowest BCUT2D eigenvalue weighted by molar-refractivity contribution is -0.139. The van der Waals surface area contributed by atoms with E-state index >= 15 is 0 Å². The number of fused-ring (bicyclic) bond motifs is 1. The van der Waals surface area contributed by atoms with E-state index in [9.17, 15) is 18.0 Å². The molecule has 196 valence electrons. The maximum absolute atomic E-state index is 13.7. The van der Waals surface area contributed by atoms with Crippen LogP contribution < -0.4 is 19.1 Å². The number of amides is 2. The minimum Gasteiger partial charge on any atom is -0.454 e. The second-order valence-corrected chi connectivity index (χ2v) is 10.8. The first-order valence-electron chi connectivity index (χ1n) is 12.1. The molecule has 0 spiro atoms. The molecule has 0 saturated heterocycles. The number of sulfonamides is 1. The van der Waals surface area contributed by atoms with Crippen molar-refractivity contribution in [2.45, 2.75) is 52.1 Å². The van der Waals surface area contributed by atoms with Gasteiger partial charge in [0.15, 0.2) is 11.5 Å². The summed E-state index contributed by atoms with van der Waals surface area (Å²) >= 11 is 0. The molecule has 2 atom stereocenters. The summed E-state index contributed by atoms with van der Waals surface area (Å²) in [6.45, 7) is 5.60. The Labute approximate surface area is 213 Å². The van der Waals surface area contributed by atoms with Crippen molar-refractivity contribution in [3.05, 3.63) is 54.1 Å². The topological polar surface area (TPSA) is 105 Å². The molecule has 9 nitrogen and oxygen atoms in total. The van der Waals surface area contributed by atoms with E-state index in [1.54, 1.807) is 12.1 Å². The molecule has 36 heavy (non-hydrogen) atoms. The summed E-state index contributed by atoms with van der Waals surface area (Å²) in [5, 5.41) is 2.96. The molecule has 0 bridgehead atoms. The average molecular weight is 518 g/mol. The van der Waals surface area contributed by atoms with Crippen molar-refractivity contribution in [2.24, 2.45) is 0 Å². The molecule has 1 N–H and O–H groups in total. The van der Waals surface area contributed by atoms with E-state index in [-0.39, 0.29) is 31.0 Å². The zero-order valence-electron chi connectivity index (χ0n) is 21.3. The Morgan fingerprint density at radius 1 is 1.03 bits per heavy atom. The first-order valence-corrected chi connectivity index (χ1v) is 14.0. The molecule has 0 aliphatic carbocycles. The molecular formula is C26H35N3O6S. The molecule has 0 radical (unpaired) electrons. The van der Waals surface area contributed by atoms with Crippen LogP contribution in [0.15, 0.2) is 48.5 Å². The zero-order chi connectivity index (χ0) is 26.3. The fourth-order valence-corrected chi connectivity index (χ4v) is 4.83. The highest BCUT2D eigenvalue weighted by Crippen LogP contribution is 2.36. The van der Waals surface area contributed by atoms with Gasteiger partial charge in [-0.3, -0.25) is 13.9 Å². The Kier molecular flexibility index (Phi) is 9.19. The molecule has 0 fully saturated rings. The number of hydrogen-bond acceptors (Lipinski definition) is 6. The van der Waals surface area contributed by atoms with Gasteiger partial charge in [0.05, 0.1) is 11.9 Å². The lowest BCUT2D eigenvalue weighted by atomic mass is 10.1. The second kappa shape index (κ2) is 12.1. The Morgan fingerprint density at radius 2 is 1.72 bits per heavy atom. The van der Waals surface area contributed by atoms with Crippen LogP contribution in [0.1, 0.15) is 39.2 Å². The molecule has 0 unspecified atom stereocenters. The summed E-state index contributed by atoms with van der Waals surface area (Å²) in [7, 11) is -3.82. The number of carbonyl (C=O) groups excluding carboxylic acids is 2. The van der Waals surface area contributed by atoms with Crippen molar-refractivity contribution in [3.63, 3.8) is 0 Å². The molecule has 2 amide bonds. The number of carbonyl (C=O) groups is 2. The van der Waals surface area contributed by atoms with Crippen LogP contribution in [0.5, 0.6) is 11.5 Å². The summed E-state index contributed by atoms with van der Waals surface area (Å²) in [6.07, 6.45) is 2.73. The van der Waals surface area contributed by atoms with E-state index in [0.29, 0.717) is 24.3 Å². The fourth-order valence-electron chi connectivity index (χ4n) is 3.99. The second-order valence-electron chi connectivity index (χ2n) is 8.87. The van der Waals surface area contributed by atoms with Crippen LogP contribution >= 0.6 is 0 Å². The van der Waals surface area contributed by atoms with Gasteiger partial charge in [0, 0.05) is 18.7 Å². The minimum atomic E-state index is -3.82. The Bertz CT molecular complexity index is 1160. The van der Waals surface area contributed by atoms with Crippen LogP contribution in [0.3, 0.4) is 0 Å². The van der Waals surface area contributed by atoms with Gasteiger partial charge in [0.1, 0.15) is 12.6 Å². The third-order valence-corrected chi connectivity index (χ3v) is 7.34. The number of rotatable bonds is 12. The first kappa shape index (κ1) is 27.3. The molecule has 0 aromatic heterocycles. The predicted molar refractivity (Wildman–Crippen MR) is 139 cm³/mol. The van der Waals surface area contributed by atoms with Crippen molar-refractivity contribution in [3.8, 4) is 11.5 Å². The minimum absolute atomic E-state index is 0.0428. The van der Waals surface area contributed by atoms with E-state index in [2.05, 4.69) is 5.32 Å². The van der Waals surface area contributed by atoms with Gasteiger partial charge < -0.3 is 19.7 Å². The van der Waals surface area contributed by atoms with Crippen molar-refractivity contribution >= 4 is 27.5 Å². The Hall–Kier alpha value is -3.27. The highest BCUT2D eigenvalue weighted by molar-refractivity contribution is 7.92. The third-order valence-electron chi connectivity index (χ3n) is 6.19. The van der Waals surface area contributed by atoms with Crippen molar-refractivity contribution in [2.75, 3.05) is 30.4 Å². The van der Waals surface area contributed by atoms with E-state index < -0.39 is 28.5 Å². The quantitative estimate of drug-likeness (QED) is 0.464. The number of nitrogens with zero attached hydrogens (tertiary/aromatic N) is 2. The summed E-state index contributed by atoms with van der Waals surface area (Å²) in [5.74, 6) is 0.215. The van der Waals surface area contributed by atoms with Gasteiger partial charge in [-0.25, -0.2) is 8.42 Å². The molecule has 3 rings (SSSR count). The Balaban J connectivity index is 1.89. The standard InChI is InChI=1S/C26H35N3O6S/c1-5-19(3)27-26(31)22(6-2)28(15-14-20-10-8-7-9-11-20)25(30)17-29(36(4,32)33)21-12-13-23-24(16-21)35-18-34-23/h7-13,16,19,22H,5-6,14-15,17-18H2,1-4H3,(H,27,31)/t19-,22-/m1/s1. The molecule has 0 saturated carbocycles. The normalized spacial score (nSPS) is 14.1. The van der Waals surface area contributed by atoms with Crippen LogP contribution in [-0.2, 0) is 26.0 Å². The summed E-state index contributed by atoms with van der Waals surface area (Å²) in [4.78, 5) is 28.3. The molecule has 2 aromatic rings. The van der Waals surface area contributed by atoms with Gasteiger partial charge in [0.25, 0.3) is 0 Å². The van der Waals surface area contributed by atoms with Gasteiger partial charge >= 0.3 is 0 Å². The van der Waals surface area contributed by atoms with Crippen LogP contribution in [0.25, 0.3) is 0 Å². The third kappa shape index (κ3) is 6.90. The van der Waals surface area contributed by atoms with Gasteiger partial charge in [-0.15, -0.1) is 0 Å². The summed E-state index contributed by atoms with van der Waals surface area (Å²) in [6, 6.07) is 13.6. The van der Waals surface area contributed by atoms with Crippen molar-refractivity contribution in [1.82, 2.24) is 10.2 Å². The maximum atomic E-state index is 13.7. The van der Waals surface area contributed by atoms with Crippen molar-refractivity contribution in [1.29, 1.82) is 0 Å². The van der Waals surface area contributed by atoms with E-state index in [0.717, 1.165) is 22.5 Å². The molecular weight excluding hydrogens is 482 g/mol. The highest BCUT2D eigenvalue weighted by Gasteiger charge is 2.32. The molecule has 1 heterocycles. The van der Waals surface area contributed by atoms with Crippen LogP contribution in [0, 0.1) is 0 Å². The maximum Gasteiger partial charge on any atom is 0.244 e.